The molecule has 0 aliphatic heterocycles. The Morgan fingerprint density at radius 3 is 1.80 bits per heavy atom. The van der Waals surface area contributed by atoms with E-state index in [4.69, 9.17) is 14.8 Å². The van der Waals surface area contributed by atoms with E-state index >= 15 is 0 Å². The minimum atomic E-state index is -0.297. The minimum absolute atomic E-state index is 0.297. The van der Waals surface area contributed by atoms with Crippen LogP contribution in [-0.2, 0) is 5.41 Å². The summed E-state index contributed by atoms with van der Waals surface area (Å²) in [5.41, 5.74) is 18.4. The summed E-state index contributed by atoms with van der Waals surface area (Å²) in [5, 5.41) is 9.81. The Balaban J connectivity index is 1.18. The number of benzene rings is 6. The summed E-state index contributed by atoms with van der Waals surface area (Å²) in [5.74, 6) is 3.23. The van der Waals surface area contributed by atoms with Gasteiger partial charge in [-0.3, -0.25) is 4.57 Å². The van der Waals surface area contributed by atoms with E-state index in [9.17, 15) is 0 Å². The van der Waals surface area contributed by atoms with Gasteiger partial charge in [-0.15, -0.1) is 0 Å². The van der Waals surface area contributed by atoms with Gasteiger partial charge in [0.25, 0.3) is 0 Å². The third kappa shape index (κ3) is 6.93. The van der Waals surface area contributed by atoms with Gasteiger partial charge in [-0.2, -0.15) is 5.10 Å². The predicted octanol–water partition coefficient (Wildman–Crippen LogP) is 15.7. The van der Waals surface area contributed by atoms with Gasteiger partial charge in [0.1, 0.15) is 17.3 Å². The van der Waals surface area contributed by atoms with Crippen LogP contribution in [0.2, 0.25) is 0 Å². The molecule has 4 heterocycles. The van der Waals surface area contributed by atoms with Gasteiger partial charge in [-0.25, -0.2) is 9.67 Å². The number of ether oxygens (including phenoxy) is 1. The lowest BCUT2D eigenvalue weighted by molar-refractivity contribution is 0.480. The van der Waals surface area contributed by atoms with E-state index in [1.807, 2.05) is 11.6 Å². The summed E-state index contributed by atoms with van der Waals surface area (Å²) in [4.78, 5) is 5.31. The van der Waals surface area contributed by atoms with Gasteiger partial charge in [-0.05, 0) is 141 Å². The van der Waals surface area contributed by atoms with Crippen molar-refractivity contribution >= 4 is 43.6 Å². The molecule has 0 radical (unpaired) electrons. The zero-order valence-corrected chi connectivity index (χ0v) is 39.9. The number of fused-ring (bicyclic) bond motifs is 6. The smallest absolute Gasteiger partial charge is 0.142 e. The zero-order valence-electron chi connectivity index (χ0n) is 39.9. The topological polar surface area (TPSA) is 49.8 Å². The van der Waals surface area contributed by atoms with E-state index in [1.165, 1.54) is 60.7 Å². The molecule has 0 N–H and O–H groups in total. The van der Waals surface area contributed by atoms with Crippen LogP contribution in [0.25, 0.3) is 60.8 Å². The van der Waals surface area contributed by atoms with E-state index in [1.54, 1.807) is 0 Å². The SMILES string of the molecule is Cc1cc(C)n(-c2cc(Oc3ccc4c5ccccc5n(-c5ncc(C)c(-n6c7c(C)cc(C(C)C)cc7c7cc(C(C)C)cc(C)c76)c5C)c4c3)cc(C(C)(C)c3ccccc3)c2)n1. The fraction of sp³-hybridized carbons (Fsp3) is 0.254. The van der Waals surface area contributed by atoms with E-state index in [0.29, 0.717) is 11.8 Å². The first-order valence-electron chi connectivity index (χ1n) is 23.1. The van der Waals surface area contributed by atoms with E-state index in [-0.39, 0.29) is 5.41 Å². The number of aryl methyl sites for hydroxylation is 5. The molecule has 0 aliphatic rings. The van der Waals surface area contributed by atoms with Crippen LogP contribution < -0.4 is 4.74 Å². The highest BCUT2D eigenvalue weighted by Crippen LogP contribution is 2.43. The number of nitrogens with zero attached hydrogens (tertiary/aromatic N) is 5. The van der Waals surface area contributed by atoms with Gasteiger partial charge in [0.15, 0.2) is 0 Å². The Kier molecular flexibility index (Phi) is 10.1. The number of aromatic nitrogens is 5. The van der Waals surface area contributed by atoms with E-state index in [0.717, 1.165) is 67.5 Å². The fourth-order valence-corrected chi connectivity index (χ4v) is 10.3. The molecule has 6 nitrogen and oxygen atoms in total. The van der Waals surface area contributed by atoms with Crippen LogP contribution >= 0.6 is 0 Å². The molecule has 10 rings (SSSR count). The lowest BCUT2D eigenvalue weighted by atomic mass is 9.78. The molecule has 0 unspecified atom stereocenters. The maximum absolute atomic E-state index is 6.98. The molecule has 0 bridgehead atoms. The molecule has 326 valence electrons. The van der Waals surface area contributed by atoms with Gasteiger partial charge in [-0.1, -0.05) is 102 Å². The summed E-state index contributed by atoms with van der Waals surface area (Å²) in [6.07, 6.45) is 2.06. The Morgan fingerprint density at radius 1 is 0.538 bits per heavy atom. The Labute approximate surface area is 383 Å². The molecular weight excluding hydrogens is 795 g/mol. The van der Waals surface area contributed by atoms with Crippen molar-refractivity contribution in [3.63, 3.8) is 0 Å². The molecule has 6 heteroatoms. The quantitative estimate of drug-likeness (QED) is 0.145. The Morgan fingerprint density at radius 2 is 1.17 bits per heavy atom. The summed E-state index contributed by atoms with van der Waals surface area (Å²) in [6, 6.07) is 44.1. The molecule has 10 aromatic rings. The standard InChI is InChI=1S/C59H59N5O/c1-34(2)42-24-36(5)56-51(27-42)52-28-43(35(3)4)25-37(6)57(52)63(56)55-38(7)33-60-58(41(55)10)62-53-21-17-16-20-49(53)50-23-22-47(32-54(50)62)65-48-30-45(59(11,12)44-18-14-13-15-19-44)29-46(31-48)64-40(9)26-39(8)61-64/h13-35H,1-12H3. The Hall–Kier alpha value is -6.92. The molecule has 4 aromatic heterocycles. The van der Waals surface area contributed by atoms with Crippen LogP contribution in [0.4, 0.5) is 0 Å². The summed E-state index contributed by atoms with van der Waals surface area (Å²) in [7, 11) is 0. The van der Waals surface area contributed by atoms with Crippen LogP contribution in [-0.4, -0.2) is 23.9 Å². The van der Waals surface area contributed by atoms with Crippen molar-refractivity contribution in [3.05, 3.63) is 183 Å². The third-order valence-electron chi connectivity index (χ3n) is 13.8. The van der Waals surface area contributed by atoms with Crippen LogP contribution in [0.3, 0.4) is 0 Å². The van der Waals surface area contributed by atoms with E-state index in [2.05, 4.69) is 213 Å². The zero-order chi connectivity index (χ0) is 45.6. The molecule has 0 spiro atoms. The van der Waals surface area contributed by atoms with Crippen LogP contribution in [0.1, 0.15) is 109 Å². The number of pyridine rings is 1. The van der Waals surface area contributed by atoms with Crippen molar-refractivity contribution in [1.29, 1.82) is 0 Å². The van der Waals surface area contributed by atoms with Gasteiger partial charge >= 0.3 is 0 Å². The van der Waals surface area contributed by atoms with Gasteiger partial charge in [0, 0.05) is 56.5 Å². The lowest BCUT2D eigenvalue weighted by Gasteiger charge is -2.27. The van der Waals surface area contributed by atoms with Gasteiger partial charge in [0.05, 0.1) is 39.1 Å². The molecule has 0 saturated carbocycles. The summed E-state index contributed by atoms with van der Waals surface area (Å²) >= 11 is 0. The molecule has 0 aliphatic carbocycles. The fourth-order valence-electron chi connectivity index (χ4n) is 10.3. The first kappa shape index (κ1) is 42.1. The van der Waals surface area contributed by atoms with Crippen molar-refractivity contribution in [3.8, 4) is 28.7 Å². The first-order valence-corrected chi connectivity index (χ1v) is 23.1. The Bertz CT molecular complexity index is 3430. The van der Waals surface area contributed by atoms with E-state index < -0.39 is 0 Å². The maximum Gasteiger partial charge on any atom is 0.142 e. The van der Waals surface area contributed by atoms with Crippen molar-refractivity contribution in [2.75, 3.05) is 0 Å². The molecule has 6 aromatic carbocycles. The second-order valence-corrected chi connectivity index (χ2v) is 19.5. The lowest BCUT2D eigenvalue weighted by Crippen LogP contribution is -2.19. The van der Waals surface area contributed by atoms with Crippen molar-refractivity contribution < 1.29 is 4.74 Å². The first-order chi connectivity index (χ1) is 31.1. The average Bonchev–Trinajstić information content (AvgIpc) is 3.92. The van der Waals surface area contributed by atoms with Gasteiger partial charge < -0.3 is 9.30 Å². The van der Waals surface area contributed by atoms with Gasteiger partial charge in [0.2, 0.25) is 0 Å². The average molecular weight is 854 g/mol. The highest BCUT2D eigenvalue weighted by atomic mass is 16.5. The highest BCUT2D eigenvalue weighted by Gasteiger charge is 2.27. The molecule has 0 atom stereocenters. The summed E-state index contributed by atoms with van der Waals surface area (Å²) < 4.78 is 13.9. The second kappa shape index (κ2) is 15.7. The molecule has 0 fully saturated rings. The van der Waals surface area contributed by atoms with Crippen molar-refractivity contribution in [2.45, 2.75) is 100 Å². The maximum atomic E-state index is 6.98. The molecular formula is C59H59N5O. The molecule has 65 heavy (non-hydrogen) atoms. The highest BCUT2D eigenvalue weighted by molar-refractivity contribution is 6.12. The number of rotatable bonds is 9. The largest absolute Gasteiger partial charge is 0.457 e. The van der Waals surface area contributed by atoms with Crippen LogP contribution in [0.15, 0.2) is 128 Å². The van der Waals surface area contributed by atoms with Crippen LogP contribution in [0, 0.1) is 41.5 Å². The predicted molar refractivity (Wildman–Crippen MR) is 272 cm³/mol. The molecule has 0 saturated heterocycles. The molecule has 0 amide bonds. The number of para-hydroxylation sites is 1. The number of hydrogen-bond acceptors (Lipinski definition) is 3. The third-order valence-corrected chi connectivity index (χ3v) is 13.8. The van der Waals surface area contributed by atoms with Crippen LogP contribution in [0.5, 0.6) is 11.5 Å². The van der Waals surface area contributed by atoms with Crippen molar-refractivity contribution in [2.24, 2.45) is 0 Å². The monoisotopic (exact) mass is 853 g/mol. The normalized spacial score (nSPS) is 12.3. The minimum Gasteiger partial charge on any atom is -0.457 e. The van der Waals surface area contributed by atoms with Crippen molar-refractivity contribution in [1.82, 2.24) is 23.9 Å². The number of hydrogen-bond donors (Lipinski definition) is 0. The second-order valence-electron chi connectivity index (χ2n) is 19.5. The summed E-state index contributed by atoms with van der Waals surface area (Å²) in [6.45, 7) is 26.9.